The number of pyridine rings is 1. The molecule has 1 aliphatic heterocycles. The van der Waals surface area contributed by atoms with E-state index >= 15 is 0 Å². The highest BCUT2D eigenvalue weighted by atomic mass is 19.4. The van der Waals surface area contributed by atoms with Gasteiger partial charge in [0.2, 0.25) is 0 Å². The van der Waals surface area contributed by atoms with Crippen molar-refractivity contribution in [3.8, 4) is 6.07 Å². The molecule has 0 unspecified atom stereocenters. The van der Waals surface area contributed by atoms with E-state index in [1.54, 1.807) is 6.07 Å². The minimum Gasteiger partial charge on any atom is -0.385 e. The standard InChI is InChI=1S/C16H13F3N4/c17-16(18,19)14-6-3-11(9-20)15(23-14)22-12-4-5-13-10(8-12)2-1-7-21-13/h3-6,8,21H,1-2,7H2,(H,22,23). The van der Waals surface area contributed by atoms with Crippen LogP contribution in [-0.2, 0) is 12.6 Å². The summed E-state index contributed by atoms with van der Waals surface area (Å²) in [5, 5.41) is 15.1. The van der Waals surface area contributed by atoms with Gasteiger partial charge in [0.25, 0.3) is 0 Å². The molecule has 0 saturated heterocycles. The largest absolute Gasteiger partial charge is 0.433 e. The van der Waals surface area contributed by atoms with Crippen LogP contribution in [-0.4, -0.2) is 11.5 Å². The molecule has 0 bridgehead atoms. The minimum absolute atomic E-state index is 0.0637. The number of nitrogens with zero attached hydrogens (tertiary/aromatic N) is 2. The molecule has 0 amide bonds. The summed E-state index contributed by atoms with van der Waals surface area (Å²) in [6.07, 6.45) is -2.65. The number of benzene rings is 1. The fraction of sp³-hybridized carbons (Fsp3) is 0.250. The van der Waals surface area contributed by atoms with Crippen molar-refractivity contribution in [2.45, 2.75) is 19.0 Å². The Kier molecular flexibility index (Phi) is 3.82. The molecule has 3 rings (SSSR count). The molecule has 2 aromatic rings. The van der Waals surface area contributed by atoms with Gasteiger partial charge in [0.15, 0.2) is 0 Å². The monoisotopic (exact) mass is 318 g/mol. The number of anilines is 3. The molecule has 0 fully saturated rings. The summed E-state index contributed by atoms with van der Waals surface area (Å²) in [5.41, 5.74) is 1.76. The summed E-state index contributed by atoms with van der Waals surface area (Å²) < 4.78 is 38.4. The van der Waals surface area contributed by atoms with Gasteiger partial charge in [-0.1, -0.05) is 0 Å². The highest BCUT2D eigenvalue weighted by Gasteiger charge is 2.33. The molecule has 23 heavy (non-hydrogen) atoms. The van der Waals surface area contributed by atoms with Gasteiger partial charge >= 0.3 is 6.18 Å². The van der Waals surface area contributed by atoms with Crippen LogP contribution in [0.25, 0.3) is 0 Å². The first-order valence-electron chi connectivity index (χ1n) is 7.09. The fourth-order valence-corrected chi connectivity index (χ4v) is 2.49. The van der Waals surface area contributed by atoms with Crippen LogP contribution >= 0.6 is 0 Å². The number of halogens is 3. The summed E-state index contributed by atoms with van der Waals surface area (Å²) in [5.74, 6) is -0.0916. The van der Waals surface area contributed by atoms with Gasteiger partial charge in [-0.15, -0.1) is 0 Å². The third-order valence-corrected chi connectivity index (χ3v) is 3.61. The summed E-state index contributed by atoms with van der Waals surface area (Å²) in [7, 11) is 0. The van der Waals surface area contributed by atoms with E-state index in [-0.39, 0.29) is 11.4 Å². The predicted octanol–water partition coefficient (Wildman–Crippen LogP) is 4.07. The Morgan fingerprint density at radius 1 is 1.22 bits per heavy atom. The second-order valence-corrected chi connectivity index (χ2v) is 5.23. The van der Waals surface area contributed by atoms with Crippen LogP contribution in [0.5, 0.6) is 0 Å². The Morgan fingerprint density at radius 2 is 2.04 bits per heavy atom. The van der Waals surface area contributed by atoms with Crippen molar-refractivity contribution in [3.63, 3.8) is 0 Å². The lowest BCUT2D eigenvalue weighted by atomic mass is 10.0. The van der Waals surface area contributed by atoms with Gasteiger partial charge in [-0.25, -0.2) is 4.98 Å². The second-order valence-electron chi connectivity index (χ2n) is 5.23. The number of nitrogens with one attached hydrogen (secondary N) is 2. The molecule has 4 nitrogen and oxygen atoms in total. The first-order valence-corrected chi connectivity index (χ1v) is 7.09. The average molecular weight is 318 g/mol. The maximum absolute atomic E-state index is 12.8. The molecule has 1 aliphatic rings. The molecule has 0 aliphatic carbocycles. The zero-order valence-corrected chi connectivity index (χ0v) is 12.0. The van der Waals surface area contributed by atoms with Gasteiger partial charge in [0, 0.05) is 17.9 Å². The molecule has 0 saturated carbocycles. The van der Waals surface area contributed by atoms with Crippen LogP contribution in [0.4, 0.5) is 30.4 Å². The van der Waals surface area contributed by atoms with Gasteiger partial charge in [-0.3, -0.25) is 0 Å². The lowest BCUT2D eigenvalue weighted by molar-refractivity contribution is -0.141. The summed E-state index contributed by atoms with van der Waals surface area (Å²) in [4.78, 5) is 3.55. The topological polar surface area (TPSA) is 60.7 Å². The normalized spacial score (nSPS) is 13.7. The van der Waals surface area contributed by atoms with Gasteiger partial charge in [-0.2, -0.15) is 18.4 Å². The molecular weight excluding hydrogens is 305 g/mol. The van der Waals surface area contributed by atoms with E-state index in [0.29, 0.717) is 5.69 Å². The Balaban J connectivity index is 1.94. The minimum atomic E-state index is -4.55. The number of hydrogen-bond donors (Lipinski definition) is 2. The molecule has 118 valence electrons. The van der Waals surface area contributed by atoms with Crippen LogP contribution in [0, 0.1) is 11.3 Å². The van der Waals surface area contributed by atoms with E-state index in [0.717, 1.165) is 42.8 Å². The highest BCUT2D eigenvalue weighted by Crippen LogP contribution is 2.31. The van der Waals surface area contributed by atoms with Crippen LogP contribution in [0.3, 0.4) is 0 Å². The molecule has 7 heteroatoms. The van der Waals surface area contributed by atoms with Gasteiger partial charge in [0.1, 0.15) is 17.6 Å². The Bertz CT molecular complexity index is 778. The lowest BCUT2D eigenvalue weighted by Gasteiger charge is -2.19. The summed E-state index contributed by atoms with van der Waals surface area (Å²) >= 11 is 0. The SMILES string of the molecule is N#Cc1ccc(C(F)(F)F)nc1Nc1ccc2c(c1)CCCN2. The quantitative estimate of drug-likeness (QED) is 0.876. The number of hydrogen-bond acceptors (Lipinski definition) is 4. The number of nitriles is 1. The zero-order valence-electron chi connectivity index (χ0n) is 12.0. The number of fused-ring (bicyclic) bond motifs is 1. The average Bonchev–Trinajstić information content (AvgIpc) is 2.54. The highest BCUT2D eigenvalue weighted by molar-refractivity contribution is 5.67. The second kappa shape index (κ2) is 5.80. The van der Waals surface area contributed by atoms with Crippen molar-refractivity contribution in [2.75, 3.05) is 17.2 Å². The first-order chi connectivity index (χ1) is 11.0. The van der Waals surface area contributed by atoms with Crippen LogP contribution < -0.4 is 10.6 Å². The van der Waals surface area contributed by atoms with E-state index in [9.17, 15) is 13.2 Å². The van der Waals surface area contributed by atoms with Crippen LogP contribution in [0.2, 0.25) is 0 Å². The Morgan fingerprint density at radius 3 is 2.78 bits per heavy atom. The molecule has 0 radical (unpaired) electrons. The third-order valence-electron chi connectivity index (χ3n) is 3.61. The molecular formula is C16H13F3N4. The molecule has 1 aromatic carbocycles. The van der Waals surface area contributed by atoms with Gasteiger partial charge in [-0.05, 0) is 48.7 Å². The Hall–Kier alpha value is -2.75. The van der Waals surface area contributed by atoms with E-state index < -0.39 is 11.9 Å². The van der Waals surface area contributed by atoms with Gasteiger partial charge < -0.3 is 10.6 Å². The molecule has 1 aromatic heterocycles. The van der Waals surface area contributed by atoms with Gasteiger partial charge in [0.05, 0.1) is 5.56 Å². The van der Waals surface area contributed by atoms with Crippen molar-refractivity contribution in [3.05, 3.63) is 47.2 Å². The van der Waals surface area contributed by atoms with Crippen LogP contribution in [0.15, 0.2) is 30.3 Å². The van der Waals surface area contributed by atoms with Crippen molar-refractivity contribution in [1.29, 1.82) is 5.26 Å². The maximum atomic E-state index is 12.8. The van der Waals surface area contributed by atoms with Crippen molar-refractivity contribution >= 4 is 17.2 Å². The van der Waals surface area contributed by atoms with E-state index in [2.05, 4.69) is 15.6 Å². The third kappa shape index (κ3) is 3.21. The van der Waals surface area contributed by atoms with Crippen molar-refractivity contribution < 1.29 is 13.2 Å². The van der Waals surface area contributed by atoms with E-state index in [1.807, 2.05) is 18.2 Å². The van der Waals surface area contributed by atoms with E-state index in [4.69, 9.17) is 5.26 Å². The lowest BCUT2D eigenvalue weighted by Crippen LogP contribution is -2.12. The van der Waals surface area contributed by atoms with Crippen molar-refractivity contribution in [2.24, 2.45) is 0 Å². The first kappa shape index (κ1) is 15.2. The smallest absolute Gasteiger partial charge is 0.385 e. The summed E-state index contributed by atoms with van der Waals surface area (Å²) in [6, 6.07) is 9.27. The molecule has 2 N–H and O–H groups in total. The molecule has 2 heterocycles. The number of aryl methyl sites for hydroxylation is 1. The number of aromatic nitrogens is 1. The zero-order chi connectivity index (χ0) is 16.4. The van der Waals surface area contributed by atoms with E-state index in [1.165, 1.54) is 0 Å². The summed E-state index contributed by atoms with van der Waals surface area (Å²) in [6.45, 7) is 0.910. The maximum Gasteiger partial charge on any atom is 0.433 e. The number of alkyl halides is 3. The number of rotatable bonds is 2. The fourth-order valence-electron chi connectivity index (χ4n) is 2.49. The van der Waals surface area contributed by atoms with Crippen LogP contribution in [0.1, 0.15) is 23.2 Å². The molecule has 0 atom stereocenters. The van der Waals surface area contributed by atoms with Crippen molar-refractivity contribution in [1.82, 2.24) is 4.98 Å². The predicted molar refractivity (Wildman–Crippen MR) is 80.5 cm³/mol. The Labute approximate surface area is 131 Å². The molecule has 0 spiro atoms.